The first-order valence-electron chi connectivity index (χ1n) is 11.2. The number of aryl methyl sites for hydroxylation is 1. The number of nitrogens with one attached hydrogen (secondary N) is 1. The Bertz CT molecular complexity index is 1360. The smallest absolute Gasteiger partial charge is 0.303 e. The van der Waals surface area contributed by atoms with Gasteiger partial charge < -0.3 is 10.4 Å². The van der Waals surface area contributed by atoms with Gasteiger partial charge >= 0.3 is 5.97 Å². The Morgan fingerprint density at radius 3 is 2.71 bits per heavy atom. The fraction of sp³-hybridized carbons (Fsp3) is 0.308. The maximum absolute atomic E-state index is 13.2. The fourth-order valence-corrected chi connectivity index (χ4v) is 4.46. The van der Waals surface area contributed by atoms with Crippen LogP contribution in [0.5, 0.6) is 0 Å². The zero-order chi connectivity index (χ0) is 24.4. The lowest BCUT2D eigenvalue weighted by Crippen LogP contribution is -2.39. The number of ketones is 2. The van der Waals surface area contributed by atoms with E-state index in [1.807, 2.05) is 25.1 Å². The van der Waals surface area contributed by atoms with Crippen molar-refractivity contribution in [2.24, 2.45) is 5.92 Å². The van der Waals surface area contributed by atoms with Gasteiger partial charge in [0.05, 0.1) is 17.8 Å². The number of carbonyl (C=O) groups is 4. The Morgan fingerprint density at radius 1 is 1.18 bits per heavy atom. The van der Waals surface area contributed by atoms with Crippen molar-refractivity contribution >= 4 is 35.1 Å². The summed E-state index contributed by atoms with van der Waals surface area (Å²) in [6.07, 6.45) is 7.48. The predicted molar refractivity (Wildman–Crippen MR) is 124 cm³/mol. The zero-order valence-corrected chi connectivity index (χ0v) is 19.0. The molecule has 0 bridgehead atoms. The summed E-state index contributed by atoms with van der Waals surface area (Å²) in [6, 6.07) is 5.42. The van der Waals surface area contributed by atoms with Gasteiger partial charge in [0, 0.05) is 23.1 Å². The fourth-order valence-electron chi connectivity index (χ4n) is 4.46. The average Bonchev–Trinajstić information content (AvgIpc) is 3.35. The maximum Gasteiger partial charge on any atom is 0.303 e. The summed E-state index contributed by atoms with van der Waals surface area (Å²) in [5.41, 5.74) is 3.79. The third-order valence-electron chi connectivity index (χ3n) is 6.25. The molecule has 1 amide bonds. The summed E-state index contributed by atoms with van der Waals surface area (Å²) in [6.45, 7) is 3.47. The number of hydrogen-bond acceptors (Lipinski definition) is 6. The molecule has 1 aromatic carbocycles. The van der Waals surface area contributed by atoms with Crippen LogP contribution >= 0.6 is 0 Å². The number of benzene rings is 1. The Morgan fingerprint density at radius 2 is 1.97 bits per heavy atom. The van der Waals surface area contributed by atoms with E-state index in [0.717, 1.165) is 29.5 Å². The molecule has 0 aliphatic heterocycles. The Balaban J connectivity index is 1.57. The molecular formula is C26H25N3O5. The van der Waals surface area contributed by atoms with E-state index >= 15 is 0 Å². The molecule has 8 nitrogen and oxygen atoms in total. The molecule has 1 aromatic heterocycles. The van der Waals surface area contributed by atoms with E-state index in [0.29, 0.717) is 16.1 Å². The highest BCUT2D eigenvalue weighted by molar-refractivity contribution is 5.96. The van der Waals surface area contributed by atoms with Crippen LogP contribution in [0.15, 0.2) is 36.7 Å². The minimum absolute atomic E-state index is 0.0150. The van der Waals surface area contributed by atoms with E-state index < -0.39 is 5.97 Å². The minimum atomic E-state index is -1.02. The van der Waals surface area contributed by atoms with Crippen LogP contribution in [0.25, 0.3) is 11.6 Å². The first-order chi connectivity index (χ1) is 16.2. The number of hydrogen-bond donors (Lipinski definition) is 2. The molecule has 2 N–H and O–H groups in total. The topological polar surface area (TPSA) is 126 Å². The van der Waals surface area contributed by atoms with Gasteiger partial charge in [0.1, 0.15) is 12.0 Å². The van der Waals surface area contributed by atoms with Crippen molar-refractivity contribution in [2.45, 2.75) is 45.6 Å². The molecule has 8 heteroatoms. The lowest BCUT2D eigenvalue weighted by atomic mass is 10.0. The van der Waals surface area contributed by atoms with Crippen LogP contribution in [-0.2, 0) is 16.0 Å². The molecule has 2 aromatic rings. The van der Waals surface area contributed by atoms with Gasteiger partial charge in [0.2, 0.25) is 0 Å². The van der Waals surface area contributed by atoms with E-state index in [4.69, 9.17) is 5.11 Å². The number of aromatic nitrogens is 2. The maximum atomic E-state index is 13.2. The summed E-state index contributed by atoms with van der Waals surface area (Å²) in [5, 5.41) is 13.0. The first-order valence-corrected chi connectivity index (χ1v) is 11.2. The van der Waals surface area contributed by atoms with E-state index in [2.05, 4.69) is 15.3 Å². The number of carboxylic acid groups (broad SMARTS) is 1. The number of allylic oxidation sites excluding steroid dienone is 2. The first kappa shape index (κ1) is 23.2. The number of carboxylic acids is 1. The van der Waals surface area contributed by atoms with Gasteiger partial charge in [-0.2, -0.15) is 0 Å². The molecule has 2 aliphatic carbocycles. The van der Waals surface area contributed by atoms with Crippen molar-refractivity contribution in [1.82, 2.24) is 15.3 Å². The predicted octanol–water partition coefficient (Wildman–Crippen LogP) is 1.67. The van der Waals surface area contributed by atoms with Gasteiger partial charge in [-0.15, -0.1) is 0 Å². The Labute approximate surface area is 196 Å². The number of nitrogens with zero attached hydrogens (tertiary/aromatic N) is 2. The van der Waals surface area contributed by atoms with Crippen molar-refractivity contribution in [3.05, 3.63) is 69.6 Å². The third kappa shape index (κ3) is 4.71. The summed E-state index contributed by atoms with van der Waals surface area (Å²) in [5.74, 6) is -1.68. The van der Waals surface area contributed by atoms with E-state index in [1.165, 1.54) is 19.3 Å². The van der Waals surface area contributed by atoms with Gasteiger partial charge in [0.25, 0.3) is 5.91 Å². The molecule has 4 rings (SSSR count). The van der Waals surface area contributed by atoms with E-state index in [1.54, 1.807) is 12.1 Å². The van der Waals surface area contributed by atoms with Crippen molar-refractivity contribution in [3.8, 4) is 0 Å². The third-order valence-corrected chi connectivity index (χ3v) is 6.25. The van der Waals surface area contributed by atoms with E-state index in [9.17, 15) is 19.2 Å². The summed E-state index contributed by atoms with van der Waals surface area (Å²) in [4.78, 5) is 56.0. The van der Waals surface area contributed by atoms with Crippen LogP contribution in [-0.4, -0.2) is 38.5 Å². The normalized spacial score (nSPS) is 18.4. The molecule has 0 saturated heterocycles. The number of aliphatic carboxylic acids is 1. The Hall–Kier alpha value is -3.94. The van der Waals surface area contributed by atoms with Crippen LogP contribution in [0, 0.1) is 5.92 Å². The number of carbonyl (C=O) groups excluding carboxylic acids is 3. The molecule has 2 unspecified atom stereocenters. The number of rotatable bonds is 8. The van der Waals surface area contributed by atoms with Crippen LogP contribution in [0.1, 0.15) is 71.1 Å². The highest BCUT2D eigenvalue weighted by Crippen LogP contribution is 2.32. The number of fused-ring (bicyclic) bond motifs is 2. The largest absolute Gasteiger partial charge is 0.481 e. The van der Waals surface area contributed by atoms with Gasteiger partial charge in [-0.05, 0) is 48.6 Å². The zero-order valence-electron chi connectivity index (χ0n) is 19.0. The standard InChI is InChI=1S/C26H25N3O5/c1-14-11-21-24(19(14)8-5-18(31)6-10-23(32)33)27-13-28-25(21)26(34)29-22-9-4-17-12-16(15(2)30)3-7-20(17)22/h3,5,7-8,11-14,22H,4,6,9-10H2,1-2H3,(H,29,34)(H,32,33)/b8-5+. The summed E-state index contributed by atoms with van der Waals surface area (Å²) in [7, 11) is 0. The van der Waals surface area contributed by atoms with Crippen molar-refractivity contribution in [3.63, 3.8) is 0 Å². The lowest BCUT2D eigenvalue weighted by Gasteiger charge is -2.14. The lowest BCUT2D eigenvalue weighted by molar-refractivity contribution is -0.138. The molecular weight excluding hydrogens is 434 g/mol. The minimum Gasteiger partial charge on any atom is -0.481 e. The highest BCUT2D eigenvalue weighted by Gasteiger charge is 2.27. The molecule has 1 heterocycles. The monoisotopic (exact) mass is 459 g/mol. The van der Waals surface area contributed by atoms with Crippen molar-refractivity contribution < 1.29 is 24.3 Å². The molecule has 0 radical (unpaired) electrons. The van der Waals surface area contributed by atoms with Gasteiger partial charge in [-0.3, -0.25) is 19.2 Å². The second-order valence-electron chi connectivity index (χ2n) is 8.62. The van der Waals surface area contributed by atoms with Crippen LogP contribution in [0.4, 0.5) is 0 Å². The van der Waals surface area contributed by atoms with Crippen molar-refractivity contribution in [2.75, 3.05) is 0 Å². The summed E-state index contributed by atoms with van der Waals surface area (Å²) < 4.78 is 0. The molecule has 174 valence electrons. The molecule has 34 heavy (non-hydrogen) atoms. The molecule has 0 fully saturated rings. The van der Waals surface area contributed by atoms with Crippen LogP contribution in [0.3, 0.4) is 0 Å². The van der Waals surface area contributed by atoms with Gasteiger partial charge in [0.15, 0.2) is 11.6 Å². The van der Waals surface area contributed by atoms with Gasteiger partial charge in [-0.25, -0.2) is 9.97 Å². The van der Waals surface area contributed by atoms with Crippen LogP contribution in [0.2, 0.25) is 0 Å². The van der Waals surface area contributed by atoms with Gasteiger partial charge in [-0.1, -0.05) is 31.2 Å². The molecule has 2 aliphatic rings. The Kier molecular flexibility index (Phi) is 6.49. The average molecular weight is 460 g/mol. The molecule has 2 atom stereocenters. The van der Waals surface area contributed by atoms with E-state index in [-0.39, 0.29) is 48.0 Å². The highest BCUT2D eigenvalue weighted by atomic mass is 16.4. The quantitative estimate of drug-likeness (QED) is 0.454. The number of Topliss-reactive ketones (excluding diaryl/α,β-unsaturated/α-hetero) is 1. The summed E-state index contributed by atoms with van der Waals surface area (Å²) >= 11 is 0. The molecule has 0 spiro atoms. The van der Waals surface area contributed by atoms with Crippen LogP contribution < -0.4 is 15.9 Å². The number of amides is 1. The second kappa shape index (κ2) is 9.51. The van der Waals surface area contributed by atoms with Crippen molar-refractivity contribution in [1.29, 1.82) is 0 Å². The SMILES string of the molecule is CC(=O)c1ccc2c(c1)CCC2NC(=O)c1ncnc2c1=CC(C)C=2/C=C/C(=O)CCC(=O)O. The second-order valence-corrected chi connectivity index (χ2v) is 8.62. The molecule has 0 saturated carbocycles.